The van der Waals surface area contributed by atoms with Crippen LogP contribution in [0.5, 0.6) is 0 Å². The van der Waals surface area contributed by atoms with Crippen molar-refractivity contribution < 1.29 is 8.42 Å². The minimum absolute atomic E-state index is 0.0973. The number of hydrogen-bond acceptors (Lipinski definition) is 3. The van der Waals surface area contributed by atoms with Crippen LogP contribution in [0.4, 0.5) is 5.69 Å². The van der Waals surface area contributed by atoms with E-state index >= 15 is 0 Å². The number of rotatable bonds is 5. The minimum atomic E-state index is -3.66. The zero-order chi connectivity index (χ0) is 15.5. The first-order valence-electron chi connectivity index (χ1n) is 6.56. The summed E-state index contributed by atoms with van der Waals surface area (Å²) in [6.45, 7) is 1.94. The molecule has 0 amide bonds. The van der Waals surface area contributed by atoms with Crippen molar-refractivity contribution in [3.8, 4) is 0 Å². The van der Waals surface area contributed by atoms with E-state index in [-0.39, 0.29) is 16.6 Å². The van der Waals surface area contributed by atoms with E-state index in [1.165, 1.54) is 6.07 Å². The van der Waals surface area contributed by atoms with Gasteiger partial charge in [-0.15, -0.1) is 0 Å². The molecule has 0 aliphatic rings. The SMILES string of the molecule is CCC(NS(=O)(=O)c1ccc(Br)cc1N)c1ccccc1. The lowest BCUT2D eigenvalue weighted by molar-refractivity contribution is 0.550. The number of anilines is 1. The highest BCUT2D eigenvalue weighted by atomic mass is 79.9. The summed E-state index contributed by atoms with van der Waals surface area (Å²) in [6.07, 6.45) is 0.652. The van der Waals surface area contributed by atoms with Gasteiger partial charge in [0.2, 0.25) is 10.0 Å². The van der Waals surface area contributed by atoms with E-state index in [4.69, 9.17) is 5.73 Å². The standard InChI is InChI=1S/C15H17BrN2O2S/c1-2-14(11-6-4-3-5-7-11)18-21(19,20)15-9-8-12(16)10-13(15)17/h3-10,14,18H,2,17H2,1H3. The molecule has 0 radical (unpaired) electrons. The summed E-state index contributed by atoms with van der Waals surface area (Å²) in [5.74, 6) is 0. The molecule has 0 saturated carbocycles. The molecule has 1 atom stereocenters. The molecule has 0 heterocycles. The summed E-state index contributed by atoms with van der Waals surface area (Å²) in [4.78, 5) is 0.0973. The van der Waals surface area contributed by atoms with E-state index < -0.39 is 10.0 Å². The zero-order valence-corrected chi connectivity index (χ0v) is 14.0. The van der Waals surface area contributed by atoms with Crippen LogP contribution in [0.2, 0.25) is 0 Å². The van der Waals surface area contributed by atoms with Gasteiger partial charge in [0.15, 0.2) is 0 Å². The predicted octanol–water partition coefficient (Wildman–Crippen LogP) is 3.46. The Kier molecular flexibility index (Phi) is 5.03. The maximum atomic E-state index is 12.5. The van der Waals surface area contributed by atoms with E-state index in [0.717, 1.165) is 10.0 Å². The summed E-state index contributed by atoms with van der Waals surface area (Å²) >= 11 is 3.27. The first-order valence-corrected chi connectivity index (χ1v) is 8.84. The summed E-state index contributed by atoms with van der Waals surface area (Å²) in [7, 11) is -3.66. The van der Waals surface area contributed by atoms with Crippen LogP contribution in [0.25, 0.3) is 0 Å². The van der Waals surface area contributed by atoms with Crippen molar-refractivity contribution >= 4 is 31.6 Å². The fraction of sp³-hybridized carbons (Fsp3) is 0.200. The van der Waals surface area contributed by atoms with Gasteiger partial charge in [0, 0.05) is 10.5 Å². The Bertz CT molecular complexity index is 718. The third kappa shape index (κ3) is 3.84. The molecule has 0 bridgehead atoms. The second-order valence-corrected chi connectivity index (χ2v) is 7.27. The maximum absolute atomic E-state index is 12.5. The average Bonchev–Trinajstić information content (AvgIpc) is 2.45. The number of halogens is 1. The fourth-order valence-corrected chi connectivity index (χ4v) is 3.89. The Morgan fingerprint density at radius 1 is 1.19 bits per heavy atom. The molecule has 21 heavy (non-hydrogen) atoms. The minimum Gasteiger partial charge on any atom is -0.398 e. The Labute approximate surface area is 133 Å². The molecule has 0 spiro atoms. The molecule has 4 nitrogen and oxygen atoms in total. The molecule has 2 aromatic carbocycles. The van der Waals surface area contributed by atoms with E-state index in [0.29, 0.717) is 6.42 Å². The lowest BCUT2D eigenvalue weighted by atomic mass is 10.1. The monoisotopic (exact) mass is 368 g/mol. The van der Waals surface area contributed by atoms with Gasteiger partial charge >= 0.3 is 0 Å². The smallest absolute Gasteiger partial charge is 0.243 e. The van der Waals surface area contributed by atoms with Crippen LogP contribution in [0.15, 0.2) is 57.9 Å². The third-order valence-corrected chi connectivity index (χ3v) is 5.21. The van der Waals surface area contributed by atoms with Crippen molar-refractivity contribution in [2.45, 2.75) is 24.3 Å². The van der Waals surface area contributed by atoms with Crippen LogP contribution in [0, 0.1) is 0 Å². The third-order valence-electron chi connectivity index (χ3n) is 3.17. The number of nitrogens with one attached hydrogen (secondary N) is 1. The van der Waals surface area contributed by atoms with Gasteiger partial charge in [0.05, 0.1) is 5.69 Å². The molecule has 1 unspecified atom stereocenters. The molecule has 6 heteroatoms. The average molecular weight is 369 g/mol. The van der Waals surface area contributed by atoms with Crippen LogP contribution < -0.4 is 10.5 Å². The highest BCUT2D eigenvalue weighted by Gasteiger charge is 2.22. The number of benzene rings is 2. The van der Waals surface area contributed by atoms with Crippen LogP contribution in [0.1, 0.15) is 24.9 Å². The van der Waals surface area contributed by atoms with Crippen LogP contribution >= 0.6 is 15.9 Å². The number of nitrogens with two attached hydrogens (primary N) is 1. The van der Waals surface area contributed by atoms with Crippen molar-refractivity contribution in [2.75, 3.05) is 5.73 Å². The van der Waals surface area contributed by atoms with E-state index in [9.17, 15) is 8.42 Å². The van der Waals surface area contributed by atoms with Crippen molar-refractivity contribution in [1.82, 2.24) is 4.72 Å². The molecule has 0 aliphatic carbocycles. The molecular weight excluding hydrogens is 352 g/mol. The molecule has 2 rings (SSSR count). The summed E-state index contributed by atoms with van der Waals surface area (Å²) in [5.41, 5.74) is 6.97. The lowest BCUT2D eigenvalue weighted by Crippen LogP contribution is -2.28. The summed E-state index contributed by atoms with van der Waals surface area (Å²) in [5, 5.41) is 0. The molecular formula is C15H17BrN2O2S. The van der Waals surface area contributed by atoms with Gasteiger partial charge in [0.1, 0.15) is 4.90 Å². The number of nitrogen functional groups attached to an aromatic ring is 1. The highest BCUT2D eigenvalue weighted by molar-refractivity contribution is 9.10. The van der Waals surface area contributed by atoms with Crippen LogP contribution in [0.3, 0.4) is 0 Å². The first kappa shape index (κ1) is 16.0. The van der Waals surface area contributed by atoms with Gasteiger partial charge in [-0.3, -0.25) is 0 Å². The molecule has 0 saturated heterocycles. The van der Waals surface area contributed by atoms with Crippen LogP contribution in [-0.2, 0) is 10.0 Å². The molecule has 3 N–H and O–H groups in total. The molecule has 0 aromatic heterocycles. The van der Waals surface area contributed by atoms with E-state index in [2.05, 4.69) is 20.7 Å². The van der Waals surface area contributed by atoms with Crippen molar-refractivity contribution in [2.24, 2.45) is 0 Å². The van der Waals surface area contributed by atoms with Gasteiger partial charge in [-0.2, -0.15) is 0 Å². The summed E-state index contributed by atoms with van der Waals surface area (Å²) < 4.78 is 28.5. The van der Waals surface area contributed by atoms with Gasteiger partial charge in [0.25, 0.3) is 0 Å². The fourth-order valence-electron chi connectivity index (χ4n) is 2.09. The second kappa shape index (κ2) is 6.60. The van der Waals surface area contributed by atoms with Gasteiger partial charge < -0.3 is 5.73 Å². The maximum Gasteiger partial charge on any atom is 0.243 e. The van der Waals surface area contributed by atoms with E-state index in [1.54, 1.807) is 12.1 Å². The molecule has 0 aliphatic heterocycles. The number of hydrogen-bond donors (Lipinski definition) is 2. The Hall–Kier alpha value is -1.37. The topological polar surface area (TPSA) is 72.2 Å². The Morgan fingerprint density at radius 3 is 2.43 bits per heavy atom. The largest absolute Gasteiger partial charge is 0.398 e. The Balaban J connectivity index is 2.32. The van der Waals surface area contributed by atoms with Crippen molar-refractivity contribution in [3.05, 3.63) is 58.6 Å². The first-order chi connectivity index (χ1) is 9.94. The Morgan fingerprint density at radius 2 is 1.86 bits per heavy atom. The van der Waals surface area contributed by atoms with Gasteiger partial charge in [-0.1, -0.05) is 53.2 Å². The van der Waals surface area contributed by atoms with Gasteiger partial charge in [-0.05, 0) is 30.2 Å². The van der Waals surface area contributed by atoms with E-state index in [1.807, 2.05) is 37.3 Å². The highest BCUT2D eigenvalue weighted by Crippen LogP contribution is 2.25. The molecule has 2 aromatic rings. The lowest BCUT2D eigenvalue weighted by Gasteiger charge is -2.18. The molecule has 112 valence electrons. The summed E-state index contributed by atoms with van der Waals surface area (Å²) in [6, 6.07) is 14.0. The zero-order valence-electron chi connectivity index (χ0n) is 11.6. The van der Waals surface area contributed by atoms with Gasteiger partial charge in [-0.25, -0.2) is 13.1 Å². The van der Waals surface area contributed by atoms with Crippen LogP contribution in [-0.4, -0.2) is 8.42 Å². The predicted molar refractivity (Wildman–Crippen MR) is 88.3 cm³/mol. The van der Waals surface area contributed by atoms with Crippen molar-refractivity contribution in [1.29, 1.82) is 0 Å². The molecule has 0 fully saturated rings. The van der Waals surface area contributed by atoms with Crippen molar-refractivity contribution in [3.63, 3.8) is 0 Å². The quantitative estimate of drug-likeness (QED) is 0.793. The normalized spacial score (nSPS) is 13.0. The second-order valence-electron chi connectivity index (χ2n) is 4.67. The number of sulfonamides is 1.